The van der Waals surface area contributed by atoms with Crippen molar-refractivity contribution in [3.63, 3.8) is 0 Å². The second-order valence-corrected chi connectivity index (χ2v) is 12.4. The number of amides is 2. The first-order valence-electron chi connectivity index (χ1n) is 12.6. The van der Waals surface area contributed by atoms with Gasteiger partial charge in [0.05, 0.1) is 23.5 Å². The van der Waals surface area contributed by atoms with Gasteiger partial charge in [0.25, 0.3) is 0 Å². The molecule has 1 aromatic heterocycles. The Kier molecular flexibility index (Phi) is 6.14. The molecule has 0 spiro atoms. The fraction of sp³-hybridized carbons (Fsp3) is 0.500. The summed E-state index contributed by atoms with van der Waals surface area (Å²) in [5.74, 6) is -3.30. The highest BCUT2D eigenvalue weighted by Gasteiger charge is 2.70. The maximum Gasteiger partial charge on any atom is 0.344 e. The Morgan fingerprint density at radius 3 is 2.47 bits per heavy atom. The highest BCUT2D eigenvalue weighted by Crippen LogP contribution is 2.68. The molecule has 6 rings (SSSR count). The standard InChI is InChI=1S/C26H26N2O8S2/c1-3-35-15(29)9-36-12-6-4-11(5-7-12)16-17-13-8-14(20(17)37-22-21(16)38-26(34)27-22)19-18(13)23(30)28(24(19)31)10(2)25(32)33/h4-7,10,13-14,16-20H,3,8-9H2,1-2H3,(H,27,34)(H,32,33)/t10?,13?,14?,16-,17?,18?,19?,20?/m1/s1. The number of nitrogens with zero attached hydrogens (tertiary/aromatic N) is 1. The van der Waals surface area contributed by atoms with E-state index < -0.39 is 29.8 Å². The monoisotopic (exact) mass is 558 g/mol. The SMILES string of the molecule is CCOC(=O)COc1ccc([C@H]2c3sc(=O)[nH]c3SC3C4CC(C5C(=O)N(C(C)C(=O)O)C(=O)C45)C32)cc1. The summed E-state index contributed by atoms with van der Waals surface area (Å²) in [5, 5.41) is 10.3. The number of ether oxygens (including phenoxy) is 2. The number of esters is 1. The van der Waals surface area contributed by atoms with Crippen LogP contribution in [0.25, 0.3) is 0 Å². The zero-order valence-electron chi connectivity index (χ0n) is 20.6. The van der Waals surface area contributed by atoms with Crippen LogP contribution in [0.3, 0.4) is 0 Å². The molecule has 38 heavy (non-hydrogen) atoms. The normalized spacial score (nSPS) is 31.5. The van der Waals surface area contributed by atoms with Crippen molar-refractivity contribution in [1.29, 1.82) is 0 Å². The van der Waals surface area contributed by atoms with Gasteiger partial charge in [-0.05, 0) is 55.7 Å². The molecule has 1 saturated heterocycles. The van der Waals surface area contributed by atoms with Crippen molar-refractivity contribution in [2.24, 2.45) is 29.6 Å². The van der Waals surface area contributed by atoms with Crippen LogP contribution in [-0.4, -0.2) is 63.2 Å². The first kappa shape index (κ1) is 25.2. The van der Waals surface area contributed by atoms with E-state index in [1.807, 2.05) is 12.1 Å². The summed E-state index contributed by atoms with van der Waals surface area (Å²) in [4.78, 5) is 67.1. The van der Waals surface area contributed by atoms with Gasteiger partial charge in [-0.15, -0.1) is 11.8 Å². The highest BCUT2D eigenvalue weighted by atomic mass is 32.2. The maximum atomic E-state index is 13.4. The number of hydrogen-bond donors (Lipinski definition) is 2. The third-order valence-corrected chi connectivity index (χ3v) is 11.0. The lowest BCUT2D eigenvalue weighted by Crippen LogP contribution is -2.44. The largest absolute Gasteiger partial charge is 0.482 e. The lowest BCUT2D eigenvalue weighted by Gasteiger charge is -2.43. The van der Waals surface area contributed by atoms with Crippen LogP contribution in [0.5, 0.6) is 5.75 Å². The Morgan fingerprint density at radius 1 is 1.13 bits per heavy atom. The Hall–Kier alpha value is -3.12. The number of H-pyrrole nitrogens is 1. The molecule has 2 bridgehead atoms. The molecule has 3 heterocycles. The Bertz CT molecular complexity index is 1380. The zero-order valence-corrected chi connectivity index (χ0v) is 22.3. The second-order valence-electron chi connectivity index (χ2n) is 10.2. The van der Waals surface area contributed by atoms with Crippen molar-refractivity contribution >= 4 is 46.9 Å². The lowest BCUT2D eigenvalue weighted by atomic mass is 9.68. The Balaban J connectivity index is 1.33. The first-order chi connectivity index (χ1) is 18.2. The molecule has 3 fully saturated rings. The number of rotatable bonds is 7. The third kappa shape index (κ3) is 3.71. The predicted molar refractivity (Wildman–Crippen MR) is 136 cm³/mol. The van der Waals surface area contributed by atoms with Crippen molar-refractivity contribution in [2.75, 3.05) is 13.2 Å². The van der Waals surface area contributed by atoms with Crippen molar-refractivity contribution in [3.05, 3.63) is 44.4 Å². The van der Waals surface area contributed by atoms with Crippen LogP contribution in [0, 0.1) is 29.6 Å². The summed E-state index contributed by atoms with van der Waals surface area (Å²) < 4.78 is 10.4. The summed E-state index contributed by atoms with van der Waals surface area (Å²) in [6, 6.07) is 6.17. The zero-order chi connectivity index (χ0) is 26.9. The van der Waals surface area contributed by atoms with Gasteiger partial charge < -0.3 is 19.6 Å². The fourth-order valence-corrected chi connectivity index (χ4v) is 9.91. The highest BCUT2D eigenvalue weighted by molar-refractivity contribution is 8.00. The van der Waals surface area contributed by atoms with Crippen LogP contribution in [0.1, 0.15) is 36.6 Å². The molecule has 2 aliphatic carbocycles. The van der Waals surface area contributed by atoms with Gasteiger partial charge in [-0.25, -0.2) is 9.59 Å². The van der Waals surface area contributed by atoms with Gasteiger partial charge in [0, 0.05) is 16.0 Å². The van der Waals surface area contributed by atoms with Crippen LogP contribution in [0.15, 0.2) is 34.1 Å². The molecular weight excluding hydrogens is 532 g/mol. The molecule has 2 aliphatic heterocycles. The van der Waals surface area contributed by atoms with Crippen molar-refractivity contribution in [2.45, 2.75) is 42.5 Å². The molecule has 4 aliphatic rings. The van der Waals surface area contributed by atoms with Gasteiger partial charge in [-0.1, -0.05) is 23.5 Å². The number of carboxylic acid groups (broad SMARTS) is 1. The molecule has 1 aromatic carbocycles. The van der Waals surface area contributed by atoms with Crippen molar-refractivity contribution < 1.29 is 33.8 Å². The van der Waals surface area contributed by atoms with E-state index >= 15 is 0 Å². The van der Waals surface area contributed by atoms with E-state index in [2.05, 4.69) is 4.98 Å². The van der Waals surface area contributed by atoms with Crippen molar-refractivity contribution in [3.8, 4) is 5.75 Å². The number of aromatic amines is 1. The van der Waals surface area contributed by atoms with Gasteiger partial charge in [0.15, 0.2) is 6.61 Å². The van der Waals surface area contributed by atoms with E-state index in [0.29, 0.717) is 5.75 Å². The van der Waals surface area contributed by atoms with Crippen molar-refractivity contribution in [1.82, 2.24) is 9.88 Å². The number of imide groups is 1. The predicted octanol–water partition coefficient (Wildman–Crippen LogP) is 2.32. The molecule has 12 heteroatoms. The number of aromatic nitrogens is 1. The summed E-state index contributed by atoms with van der Waals surface area (Å²) in [6.45, 7) is 3.18. The molecule has 2 N–H and O–H groups in total. The minimum Gasteiger partial charge on any atom is -0.482 e. The number of hydrogen-bond acceptors (Lipinski definition) is 9. The number of carboxylic acids is 1. The smallest absolute Gasteiger partial charge is 0.344 e. The van der Waals surface area contributed by atoms with E-state index in [1.54, 1.807) is 30.8 Å². The van der Waals surface area contributed by atoms with E-state index in [1.165, 1.54) is 6.92 Å². The quantitative estimate of drug-likeness (QED) is 0.387. The molecule has 200 valence electrons. The number of nitrogens with one attached hydrogen (secondary N) is 1. The Labute approximate surface area is 225 Å². The average molecular weight is 559 g/mol. The number of likely N-dealkylation sites (tertiary alicyclic amines) is 1. The van der Waals surface area contributed by atoms with E-state index in [0.717, 1.165) is 38.1 Å². The Morgan fingerprint density at radius 2 is 1.82 bits per heavy atom. The third-order valence-electron chi connectivity index (χ3n) is 8.40. The van der Waals surface area contributed by atoms with Crippen LogP contribution >= 0.6 is 23.1 Å². The molecule has 2 amide bonds. The van der Waals surface area contributed by atoms with Crippen LogP contribution in [0.2, 0.25) is 0 Å². The molecule has 2 aromatic rings. The minimum atomic E-state index is -1.20. The molecule has 2 saturated carbocycles. The van der Waals surface area contributed by atoms with Gasteiger partial charge in [0.2, 0.25) is 11.8 Å². The number of thiazole rings is 1. The van der Waals surface area contributed by atoms with Gasteiger partial charge in [0.1, 0.15) is 11.8 Å². The van der Waals surface area contributed by atoms with E-state index in [-0.39, 0.29) is 58.8 Å². The molecule has 0 radical (unpaired) electrons. The van der Waals surface area contributed by atoms with Crippen LogP contribution < -0.4 is 9.61 Å². The summed E-state index contributed by atoms with van der Waals surface area (Å²) in [7, 11) is 0. The summed E-state index contributed by atoms with van der Waals surface area (Å²) in [6.07, 6.45) is 0.723. The van der Waals surface area contributed by atoms with Crippen LogP contribution in [-0.2, 0) is 23.9 Å². The average Bonchev–Trinajstić information content (AvgIpc) is 3.61. The van der Waals surface area contributed by atoms with E-state index in [4.69, 9.17) is 9.47 Å². The minimum absolute atomic E-state index is 0.00772. The number of aliphatic carboxylic acids is 1. The van der Waals surface area contributed by atoms with E-state index in [9.17, 15) is 29.1 Å². The van der Waals surface area contributed by atoms with Gasteiger partial charge in [-0.2, -0.15) is 0 Å². The van der Waals surface area contributed by atoms with Gasteiger partial charge in [-0.3, -0.25) is 19.3 Å². The topological polar surface area (TPSA) is 143 Å². The van der Waals surface area contributed by atoms with Crippen LogP contribution in [0.4, 0.5) is 0 Å². The fourth-order valence-electron chi connectivity index (χ4n) is 7.02. The van der Waals surface area contributed by atoms with Gasteiger partial charge >= 0.3 is 16.8 Å². The summed E-state index contributed by atoms with van der Waals surface area (Å²) in [5.41, 5.74) is 0.955. The molecule has 8 atom stereocenters. The molecular formula is C26H26N2O8S2. The number of carbonyl (C=O) groups excluding carboxylic acids is 3. The summed E-state index contributed by atoms with van der Waals surface area (Å²) >= 11 is 2.74. The lowest BCUT2D eigenvalue weighted by molar-refractivity contribution is -0.154. The number of fused-ring (bicyclic) bond motifs is 9. The molecule has 10 nitrogen and oxygen atoms in total. The number of thioether (sulfide) groups is 1. The second kappa shape index (κ2) is 9.26. The number of benzene rings is 1. The first-order valence-corrected chi connectivity index (χ1v) is 14.3. The molecule has 7 unspecified atom stereocenters. The number of carbonyl (C=O) groups is 4. The maximum absolute atomic E-state index is 13.4.